The maximum atomic E-state index is 15.0. The van der Waals surface area contributed by atoms with Crippen LogP contribution in [0, 0.1) is 29.6 Å². The number of guanidine groups is 1. The summed E-state index contributed by atoms with van der Waals surface area (Å²) in [6, 6.07) is -0.649. The predicted octanol–water partition coefficient (Wildman–Crippen LogP) is 0.423. The molecule has 39 nitrogen and oxygen atoms in total. The normalized spacial score (nSPS) is 19.0. The highest BCUT2D eigenvalue weighted by molar-refractivity contribution is 8.76. The van der Waals surface area contributed by atoms with Crippen LogP contribution in [-0.4, -0.2) is 257 Å². The van der Waals surface area contributed by atoms with Gasteiger partial charge in [0.1, 0.15) is 36.3 Å². The van der Waals surface area contributed by atoms with E-state index in [9.17, 15) is 96.5 Å². The number of aliphatic hydroxyl groups is 2. The lowest BCUT2D eigenvalue weighted by Gasteiger charge is -2.31. The molecule has 1 aromatic rings. The van der Waals surface area contributed by atoms with E-state index in [1.54, 1.807) is 20.8 Å². The van der Waals surface area contributed by atoms with E-state index in [0.717, 1.165) is 33.6 Å². The summed E-state index contributed by atoms with van der Waals surface area (Å²) >= 11 is 0. The number of carbonyl (C=O) groups is 18. The van der Waals surface area contributed by atoms with Gasteiger partial charge in [-0.3, -0.25) is 91.3 Å². The smallest absolute Gasteiger partial charge is 0.245 e. The average molecular weight is 1770 g/mol. The molecule has 3 aliphatic heterocycles. The van der Waals surface area contributed by atoms with E-state index in [4.69, 9.17) is 28.5 Å². The van der Waals surface area contributed by atoms with Crippen LogP contribution in [0.15, 0.2) is 40.4 Å². The Bertz CT molecular complexity index is 3810. The second kappa shape index (κ2) is 58.2. The van der Waals surface area contributed by atoms with Crippen molar-refractivity contribution in [1.29, 1.82) is 0 Å². The molecule has 684 valence electrons. The Morgan fingerprint density at radius 2 is 1.26 bits per heavy atom. The zero-order chi connectivity index (χ0) is 90.9. The largest absolute Gasteiger partial charge is 0.394 e. The quantitative estimate of drug-likeness (QED) is 0.00799. The Hall–Kier alpha value is -9.96. The Morgan fingerprint density at radius 1 is 0.618 bits per heavy atom. The number of primary amides is 1. The molecule has 3 fully saturated rings. The molecule has 41 heteroatoms. The number of azide groups is 1. The number of nitrogens with one attached hydrogen (secondary N) is 9. The minimum Gasteiger partial charge on any atom is -0.394 e. The van der Waals surface area contributed by atoms with Gasteiger partial charge in [0.15, 0.2) is 40.7 Å². The number of rotatable bonds is 55. The van der Waals surface area contributed by atoms with Crippen LogP contribution in [-0.2, 0) is 92.7 Å². The lowest BCUT2D eigenvalue weighted by molar-refractivity contribution is -0.143. The molecule has 1 aromatic carbocycles. The van der Waals surface area contributed by atoms with Crippen LogP contribution in [0.2, 0.25) is 0 Å². The van der Waals surface area contributed by atoms with Crippen LogP contribution >= 0.6 is 21.6 Å². The van der Waals surface area contributed by atoms with Gasteiger partial charge in [0.25, 0.3) is 0 Å². The molecule has 3 aliphatic rings. The topological polar surface area (TPSA) is 628 Å². The number of carbonyl (C=O) groups excluding carboxylic acids is 18. The minimum atomic E-state index is -1.65. The summed E-state index contributed by atoms with van der Waals surface area (Å²) in [7, 11) is 2.09. The first-order chi connectivity index (χ1) is 58.7. The number of aliphatic imine (C=N–C) groups is 1. The van der Waals surface area contributed by atoms with Gasteiger partial charge in [0.2, 0.25) is 70.9 Å². The average Bonchev–Trinajstić information content (AvgIpc) is 1.71. The van der Waals surface area contributed by atoms with Crippen molar-refractivity contribution in [2.45, 2.75) is 256 Å². The zero-order valence-corrected chi connectivity index (χ0v) is 72.9. The van der Waals surface area contributed by atoms with Crippen LogP contribution in [0.5, 0.6) is 0 Å². The number of aliphatic hydroxyl groups excluding tert-OH is 2. The van der Waals surface area contributed by atoms with Crippen molar-refractivity contribution in [3.05, 3.63) is 46.3 Å². The maximum Gasteiger partial charge on any atom is 0.245 e. The van der Waals surface area contributed by atoms with E-state index in [2.05, 4.69) is 62.9 Å². The first kappa shape index (κ1) is 105. The van der Waals surface area contributed by atoms with Crippen molar-refractivity contribution in [2.75, 3.05) is 77.1 Å². The fourth-order valence-electron chi connectivity index (χ4n) is 14.3. The molecule has 0 saturated carbocycles. The van der Waals surface area contributed by atoms with Gasteiger partial charge in [-0.15, -0.1) is 0 Å². The summed E-state index contributed by atoms with van der Waals surface area (Å²) in [4.78, 5) is 256. The van der Waals surface area contributed by atoms with Gasteiger partial charge < -0.3 is 90.8 Å². The Kier molecular flexibility index (Phi) is 49.9. The Morgan fingerprint density at radius 3 is 1.91 bits per heavy atom. The van der Waals surface area contributed by atoms with Gasteiger partial charge in [-0.05, 0) is 120 Å². The second-order valence-corrected chi connectivity index (χ2v) is 34.4. The molecule has 0 unspecified atom stereocenters. The third kappa shape index (κ3) is 40.1. The summed E-state index contributed by atoms with van der Waals surface area (Å²) in [5.41, 5.74) is 32.0. The van der Waals surface area contributed by atoms with Gasteiger partial charge in [-0.25, -0.2) is 0 Å². The number of hydrogen-bond donors (Lipinski definition) is 15. The van der Waals surface area contributed by atoms with E-state index in [0.29, 0.717) is 77.3 Å². The fraction of sp³-hybridized carbons (Fsp3) is 0.695. The van der Waals surface area contributed by atoms with Gasteiger partial charge in [-0.1, -0.05) is 104 Å². The molecular formula is C82H129N19O20S2. The van der Waals surface area contributed by atoms with E-state index in [1.165, 1.54) is 9.80 Å². The lowest BCUT2D eigenvalue weighted by atomic mass is 9.89. The number of benzene rings is 1. The zero-order valence-electron chi connectivity index (χ0n) is 71.2. The molecule has 4 rings (SSSR count). The van der Waals surface area contributed by atoms with E-state index in [-0.39, 0.29) is 139 Å². The van der Waals surface area contributed by atoms with Gasteiger partial charge in [-0.2, -0.15) is 0 Å². The van der Waals surface area contributed by atoms with Crippen LogP contribution in [0.4, 0.5) is 0 Å². The monoisotopic (exact) mass is 1760 g/mol. The van der Waals surface area contributed by atoms with Crippen molar-refractivity contribution in [1.82, 2.24) is 57.7 Å². The molecule has 0 aromatic heterocycles. The third-order valence-electron chi connectivity index (χ3n) is 21.4. The minimum absolute atomic E-state index is 0.0413. The standard InChI is InChI=1S/C82H129N19O20S2/c1-5-6-20-59(78(118)88-37-33-52-18-8-7-9-19-52)95-79(119)64-23-15-38-100(64)73(113)32-28-66(106)58(21-10-12-34-83)94-77(117)55-43-68(108)62(47-103)97-76(116)54(40-50(2)3)42-69(109)63(49-123-122-48-55)98-80(120)65-24-16-39-101(65)81(121)60(22-14-35-89-82(85)86)96-75(115)53(25-29-70(84)110)41-67(107)61(46-102)93-72(112)31-27-56(104)44-90-71(111)30-26-57(105)45-91-74(114)51(4)17-11-13-36-92-99-87/h7-9,18-19,50-51,53-55,58-65,102-103H,5-6,10-17,20-49,83H2,1-4H3,(H2,84,110)(H,88,118)(H,90,111)(H,91,114)(H,93,112)(H,94,117)(H,95,119)(H,96,115)(H,97,116)(H,98,120)(H4,85,86,89)/t51-,53+,54+,55-,58-,59+,60-,61-,62-,63-,64-,65-/m0/s1. The summed E-state index contributed by atoms with van der Waals surface area (Å²) in [5.74, 6) is -17.1. The SMILES string of the molecule is CCCC[C@@H](NC(=O)[C@@H]1CCCN1C(=O)CCC(=O)[C@H](CCCCN)NC(=O)[C@@H]1CSSC[C@H](NC(=O)[C@@H]2CCCN2C(=O)[C@H](CCCN=C(N)N)NC(=O)[C@H](CCC(N)=O)CC(=O)[C@H](CO)NC(=O)CCC(=O)CNC(=O)CCC(=O)CNC(=O)[C@@H](C)CCCCN=[N+]=[N-])C(=O)C[C@@H](CC(C)C)C(=O)N[C@@H](CO)C(=O)C1)C(=O)NCCc1ccccc1. The van der Waals surface area contributed by atoms with Gasteiger partial charge in [0, 0.05) is 131 Å². The number of unbranched alkanes of at least 4 members (excludes halogenated alkanes) is 3. The molecule has 3 saturated heterocycles. The molecule has 12 atom stereocenters. The first-order valence-electron chi connectivity index (χ1n) is 42.7. The maximum absolute atomic E-state index is 15.0. The van der Waals surface area contributed by atoms with E-state index >= 15 is 0 Å². The summed E-state index contributed by atoms with van der Waals surface area (Å²) < 4.78 is 0. The lowest BCUT2D eigenvalue weighted by Crippen LogP contribution is -2.56. The van der Waals surface area contributed by atoms with Crippen molar-refractivity contribution in [2.24, 2.45) is 62.6 Å². The Balaban J connectivity index is 1.47. The van der Waals surface area contributed by atoms with Crippen LogP contribution < -0.4 is 70.8 Å². The van der Waals surface area contributed by atoms with E-state index < -0.39 is 224 Å². The Labute approximate surface area is 725 Å². The first-order valence-corrected chi connectivity index (χ1v) is 45.1. The third-order valence-corrected chi connectivity index (χ3v) is 23.9. The number of nitrogens with zero attached hydrogens (tertiary/aromatic N) is 6. The molecule has 0 bridgehead atoms. The second-order valence-electron chi connectivity index (χ2n) is 31.8. The summed E-state index contributed by atoms with van der Waals surface area (Å²) in [6.07, 6.45) is 1.36. The summed E-state index contributed by atoms with van der Waals surface area (Å²) in [6.45, 7) is 5.54. The van der Waals surface area contributed by atoms with Crippen molar-refractivity contribution < 1.29 is 96.5 Å². The molecule has 0 radical (unpaired) electrons. The molecule has 12 amide bonds. The number of ketones is 6. The highest BCUT2D eigenvalue weighted by atomic mass is 33.1. The molecule has 19 N–H and O–H groups in total. The number of amides is 12. The molecular weight excluding hydrogens is 1640 g/mol. The molecule has 123 heavy (non-hydrogen) atoms. The van der Waals surface area contributed by atoms with E-state index in [1.807, 2.05) is 37.3 Å². The van der Waals surface area contributed by atoms with Crippen molar-refractivity contribution in [3.8, 4) is 0 Å². The van der Waals surface area contributed by atoms with Crippen molar-refractivity contribution >= 4 is 133 Å². The van der Waals surface area contributed by atoms with Gasteiger partial charge in [0.05, 0.1) is 44.3 Å². The number of nitrogens with two attached hydrogens (primary N) is 4. The molecule has 3 heterocycles. The number of likely N-dealkylation sites (tertiary alicyclic amines) is 2. The number of hydrogen-bond acceptors (Lipinski definition) is 25. The van der Waals surface area contributed by atoms with Gasteiger partial charge >= 0.3 is 0 Å². The van der Waals surface area contributed by atoms with Crippen molar-refractivity contribution in [3.63, 3.8) is 0 Å². The van der Waals surface area contributed by atoms with Crippen LogP contribution in [0.25, 0.3) is 10.4 Å². The molecule has 0 spiro atoms. The van der Waals surface area contributed by atoms with Crippen LogP contribution in [0.3, 0.4) is 0 Å². The number of Topliss-reactive ketones (excluding diaryl/α,β-unsaturated/α-hetero) is 6. The van der Waals surface area contributed by atoms with Crippen LogP contribution in [0.1, 0.15) is 207 Å². The summed E-state index contributed by atoms with van der Waals surface area (Å²) in [5, 5.41) is 48.2. The fourth-order valence-corrected chi connectivity index (χ4v) is 16.8. The molecule has 0 aliphatic carbocycles. The highest BCUT2D eigenvalue weighted by Crippen LogP contribution is 2.31. The predicted molar refractivity (Wildman–Crippen MR) is 459 cm³/mol. The highest BCUT2D eigenvalue weighted by Gasteiger charge is 2.42.